The van der Waals surface area contributed by atoms with Crippen LogP contribution in [-0.4, -0.2) is 47.7 Å². The molecule has 1 aromatic carbocycles. The molecule has 2 aromatic rings. The second-order valence-electron chi connectivity index (χ2n) is 4.18. The van der Waals surface area contributed by atoms with Crippen molar-refractivity contribution in [2.24, 2.45) is 0 Å². The first kappa shape index (κ1) is 13.7. The van der Waals surface area contributed by atoms with Crippen molar-refractivity contribution in [2.45, 2.75) is 0 Å². The standard InChI is InChI=1S/C13H13N3O4/c1-16(7-10(17)20-2)13(19)11-8-5-3-4-6-9(8)12(18)15-14-11/h3-6H,7H2,1-2H3,(H,15,18). The summed E-state index contributed by atoms with van der Waals surface area (Å²) in [4.78, 5) is 36.2. The first-order valence-electron chi connectivity index (χ1n) is 5.84. The molecule has 1 aromatic heterocycles. The minimum atomic E-state index is -0.533. The molecule has 0 aliphatic carbocycles. The van der Waals surface area contributed by atoms with Crippen LogP contribution in [0.25, 0.3) is 10.8 Å². The Bertz CT molecular complexity index is 723. The lowest BCUT2D eigenvalue weighted by Crippen LogP contribution is -2.34. The van der Waals surface area contributed by atoms with Crippen molar-refractivity contribution in [3.63, 3.8) is 0 Å². The molecule has 20 heavy (non-hydrogen) atoms. The summed E-state index contributed by atoms with van der Waals surface area (Å²) in [6, 6.07) is 6.65. The van der Waals surface area contributed by atoms with Gasteiger partial charge in [-0.15, -0.1) is 0 Å². The SMILES string of the molecule is COC(=O)CN(C)C(=O)c1n[nH]c(=O)c2ccccc12. The van der Waals surface area contributed by atoms with E-state index in [1.54, 1.807) is 24.3 Å². The Kier molecular flexibility index (Phi) is 3.79. The monoisotopic (exact) mass is 275 g/mol. The van der Waals surface area contributed by atoms with Gasteiger partial charge in [-0.05, 0) is 6.07 Å². The number of hydrogen-bond donors (Lipinski definition) is 1. The predicted molar refractivity (Wildman–Crippen MR) is 71.3 cm³/mol. The van der Waals surface area contributed by atoms with Crippen molar-refractivity contribution in [3.05, 3.63) is 40.3 Å². The number of aromatic nitrogens is 2. The molecule has 2 rings (SSSR count). The van der Waals surface area contributed by atoms with Gasteiger partial charge in [0.2, 0.25) is 0 Å². The molecule has 0 fully saturated rings. The Balaban J connectivity index is 2.43. The lowest BCUT2D eigenvalue weighted by atomic mass is 10.1. The zero-order valence-electron chi connectivity index (χ0n) is 11.0. The molecule has 0 bridgehead atoms. The summed E-state index contributed by atoms with van der Waals surface area (Å²) in [5.74, 6) is -1.00. The maximum Gasteiger partial charge on any atom is 0.325 e. The van der Waals surface area contributed by atoms with Gasteiger partial charge in [0.05, 0.1) is 12.5 Å². The second-order valence-corrected chi connectivity index (χ2v) is 4.18. The van der Waals surface area contributed by atoms with Gasteiger partial charge < -0.3 is 9.64 Å². The zero-order valence-corrected chi connectivity index (χ0v) is 11.0. The fourth-order valence-corrected chi connectivity index (χ4v) is 1.79. The number of carbonyl (C=O) groups excluding carboxylic acids is 2. The van der Waals surface area contributed by atoms with E-state index in [4.69, 9.17) is 0 Å². The molecule has 7 nitrogen and oxygen atoms in total. The van der Waals surface area contributed by atoms with Gasteiger partial charge >= 0.3 is 5.97 Å². The minimum Gasteiger partial charge on any atom is -0.468 e. The number of methoxy groups -OCH3 is 1. The van der Waals surface area contributed by atoms with Crippen LogP contribution in [0.4, 0.5) is 0 Å². The number of nitrogens with one attached hydrogen (secondary N) is 1. The largest absolute Gasteiger partial charge is 0.468 e. The summed E-state index contributed by atoms with van der Waals surface area (Å²) < 4.78 is 4.50. The van der Waals surface area contributed by atoms with Crippen LogP contribution in [0.15, 0.2) is 29.1 Å². The molecule has 1 heterocycles. The fourth-order valence-electron chi connectivity index (χ4n) is 1.79. The van der Waals surface area contributed by atoms with E-state index >= 15 is 0 Å². The molecule has 1 amide bonds. The van der Waals surface area contributed by atoms with Crippen molar-refractivity contribution in [1.82, 2.24) is 15.1 Å². The smallest absolute Gasteiger partial charge is 0.325 e. The first-order chi connectivity index (χ1) is 9.54. The highest BCUT2D eigenvalue weighted by Gasteiger charge is 2.19. The Morgan fingerprint density at radius 3 is 2.60 bits per heavy atom. The molecule has 0 aliphatic heterocycles. The van der Waals surface area contributed by atoms with Crippen LogP contribution in [-0.2, 0) is 9.53 Å². The van der Waals surface area contributed by atoms with Gasteiger partial charge in [0.15, 0.2) is 5.69 Å². The number of nitrogens with zero attached hydrogens (tertiary/aromatic N) is 2. The average Bonchev–Trinajstić information content (AvgIpc) is 2.47. The van der Waals surface area contributed by atoms with Gasteiger partial charge in [0.1, 0.15) is 6.54 Å². The van der Waals surface area contributed by atoms with Crippen molar-refractivity contribution < 1.29 is 14.3 Å². The summed E-state index contributed by atoms with van der Waals surface area (Å²) in [7, 11) is 2.70. The van der Waals surface area contributed by atoms with Crippen molar-refractivity contribution in [2.75, 3.05) is 20.7 Å². The van der Waals surface area contributed by atoms with Gasteiger partial charge in [0, 0.05) is 12.4 Å². The third-order valence-corrected chi connectivity index (χ3v) is 2.84. The second kappa shape index (κ2) is 5.52. The highest BCUT2D eigenvalue weighted by Crippen LogP contribution is 2.13. The van der Waals surface area contributed by atoms with Gasteiger partial charge in [-0.2, -0.15) is 5.10 Å². The average molecular weight is 275 g/mol. The Labute approximate surface area is 114 Å². The number of likely N-dealkylation sites (N-methyl/N-ethyl adjacent to an activating group) is 1. The van der Waals surface area contributed by atoms with Gasteiger partial charge in [-0.1, -0.05) is 18.2 Å². The fraction of sp³-hybridized carbons (Fsp3) is 0.231. The van der Waals surface area contributed by atoms with Gasteiger partial charge in [0.25, 0.3) is 11.5 Å². The third kappa shape index (κ3) is 2.51. The molecule has 1 N–H and O–H groups in total. The van der Waals surface area contributed by atoms with E-state index in [-0.39, 0.29) is 17.8 Å². The normalized spacial score (nSPS) is 10.3. The Hall–Kier alpha value is -2.70. The quantitative estimate of drug-likeness (QED) is 0.806. The third-order valence-electron chi connectivity index (χ3n) is 2.84. The maximum absolute atomic E-state index is 12.3. The topological polar surface area (TPSA) is 92.4 Å². The van der Waals surface area contributed by atoms with Crippen LogP contribution in [0.2, 0.25) is 0 Å². The van der Waals surface area contributed by atoms with Crippen LogP contribution in [0, 0.1) is 0 Å². The maximum atomic E-state index is 12.3. The summed E-state index contributed by atoms with van der Waals surface area (Å²) in [6.45, 7) is -0.190. The van der Waals surface area contributed by atoms with E-state index in [9.17, 15) is 14.4 Å². The molecule has 0 aliphatic rings. The molecule has 0 saturated heterocycles. The lowest BCUT2D eigenvalue weighted by Gasteiger charge is -2.15. The van der Waals surface area contributed by atoms with Crippen molar-refractivity contribution in [3.8, 4) is 0 Å². The van der Waals surface area contributed by atoms with E-state index in [1.165, 1.54) is 19.1 Å². The summed E-state index contributed by atoms with van der Waals surface area (Å²) in [5, 5.41) is 6.87. The molecule has 0 atom stereocenters. The number of ether oxygens (including phenoxy) is 1. The molecule has 0 radical (unpaired) electrons. The molecule has 0 spiro atoms. The summed E-state index contributed by atoms with van der Waals surface area (Å²) >= 11 is 0. The number of carbonyl (C=O) groups is 2. The number of esters is 1. The number of aromatic amines is 1. The van der Waals surface area contributed by atoms with Crippen LogP contribution in [0.3, 0.4) is 0 Å². The number of benzene rings is 1. The van der Waals surface area contributed by atoms with E-state index in [0.29, 0.717) is 10.8 Å². The summed E-state index contributed by atoms with van der Waals surface area (Å²) in [5.41, 5.74) is -0.278. The molecular weight excluding hydrogens is 262 g/mol. The van der Waals surface area contributed by atoms with Crippen LogP contribution >= 0.6 is 0 Å². The van der Waals surface area contributed by atoms with Crippen LogP contribution in [0.5, 0.6) is 0 Å². The molecule has 104 valence electrons. The van der Waals surface area contributed by atoms with Crippen molar-refractivity contribution >= 4 is 22.6 Å². The predicted octanol–water partition coefficient (Wildman–Crippen LogP) is 0.168. The molecule has 0 unspecified atom stereocenters. The highest BCUT2D eigenvalue weighted by atomic mass is 16.5. The highest BCUT2D eigenvalue weighted by molar-refractivity contribution is 6.05. The lowest BCUT2D eigenvalue weighted by molar-refractivity contribution is -0.141. The number of amides is 1. The van der Waals surface area contributed by atoms with Crippen LogP contribution in [0.1, 0.15) is 10.5 Å². The molecule has 7 heteroatoms. The summed E-state index contributed by atoms with van der Waals surface area (Å²) in [6.07, 6.45) is 0. The first-order valence-corrected chi connectivity index (χ1v) is 5.84. The van der Waals surface area contributed by atoms with E-state index in [2.05, 4.69) is 14.9 Å². The van der Waals surface area contributed by atoms with E-state index in [1.807, 2.05) is 0 Å². The number of rotatable bonds is 3. The minimum absolute atomic E-state index is 0.0894. The number of fused-ring (bicyclic) bond motifs is 1. The van der Waals surface area contributed by atoms with E-state index < -0.39 is 11.9 Å². The van der Waals surface area contributed by atoms with Crippen molar-refractivity contribution in [1.29, 1.82) is 0 Å². The Morgan fingerprint density at radius 1 is 1.30 bits per heavy atom. The molecular formula is C13H13N3O4. The van der Waals surface area contributed by atoms with Crippen LogP contribution < -0.4 is 5.56 Å². The Morgan fingerprint density at radius 2 is 1.95 bits per heavy atom. The van der Waals surface area contributed by atoms with Gasteiger partial charge in [-0.3, -0.25) is 14.4 Å². The van der Waals surface area contributed by atoms with E-state index in [0.717, 1.165) is 0 Å². The zero-order chi connectivity index (χ0) is 14.7. The molecule has 0 saturated carbocycles. The van der Waals surface area contributed by atoms with Gasteiger partial charge in [-0.25, -0.2) is 5.10 Å². The number of hydrogen-bond acceptors (Lipinski definition) is 5. The number of H-pyrrole nitrogens is 1.